The Hall–Kier alpha value is -5.59. The molecule has 286 valence electrons. The number of aromatic carboxylic acids is 1. The van der Waals surface area contributed by atoms with Gasteiger partial charge in [-0.2, -0.15) is 0 Å². The van der Waals surface area contributed by atoms with Crippen LogP contribution in [-0.4, -0.2) is 17.2 Å². The zero-order valence-corrected chi connectivity index (χ0v) is 34.9. The average molecular weight is 834 g/mol. The molecule has 1 unspecified atom stereocenters. The number of carbonyl (C=O) groups is 1. The lowest BCUT2D eigenvalue weighted by atomic mass is 9.92. The summed E-state index contributed by atoms with van der Waals surface area (Å²) in [6.07, 6.45) is -0.841. The second kappa shape index (κ2) is 19.2. The van der Waals surface area contributed by atoms with Crippen molar-refractivity contribution in [3.8, 4) is 11.1 Å². The second-order valence-electron chi connectivity index (χ2n) is 13.6. The molecule has 1 atom stereocenters. The quantitative estimate of drug-likeness (QED) is 0.186. The molecule has 0 saturated carbocycles. The summed E-state index contributed by atoms with van der Waals surface area (Å²) in [6.45, 7) is 0. The van der Waals surface area contributed by atoms with Gasteiger partial charge in [0.15, 0.2) is 0 Å². The molecule has 2 nitrogen and oxygen atoms in total. The smallest absolute Gasteiger partial charge is 0.336 e. The van der Waals surface area contributed by atoms with Crippen molar-refractivity contribution >= 4 is 57.9 Å². The monoisotopic (exact) mass is 832 g/mol. The lowest BCUT2D eigenvalue weighted by Gasteiger charge is -2.31. The van der Waals surface area contributed by atoms with E-state index in [4.69, 9.17) is 1.43 Å². The van der Waals surface area contributed by atoms with Crippen LogP contribution in [0.2, 0.25) is 0 Å². The topological polar surface area (TPSA) is 37.3 Å². The molecule has 0 aliphatic carbocycles. The molecule has 8 aromatic carbocycles. The molecule has 0 saturated heterocycles. The van der Waals surface area contributed by atoms with Crippen LogP contribution in [0.3, 0.4) is 0 Å². The van der Waals surface area contributed by atoms with Crippen molar-refractivity contribution in [1.29, 1.82) is 1.43 Å². The van der Waals surface area contributed by atoms with Gasteiger partial charge in [-0.1, -0.05) is 152 Å². The summed E-state index contributed by atoms with van der Waals surface area (Å²) in [5.74, 6) is 1.70. The van der Waals surface area contributed by atoms with Gasteiger partial charge in [-0.25, -0.2) is 4.79 Å². The molecule has 0 aliphatic rings. The van der Waals surface area contributed by atoms with E-state index in [1.54, 1.807) is 12.1 Å². The molecule has 0 spiro atoms. The molecule has 8 rings (SSSR count). The highest BCUT2D eigenvalue weighted by Crippen LogP contribution is 2.63. The second-order valence-corrected chi connectivity index (χ2v) is 20.1. The highest BCUT2D eigenvalue weighted by atomic mass is 35.5. The molecule has 0 amide bonds. The maximum atomic E-state index is 13.3. The molecule has 0 radical (unpaired) electrons. The normalized spacial score (nSPS) is 12.4. The standard InChI is InChI=1S/C52H41O2P2.2ClH/c53-52(54)51-38-22-21-37-50(51)49-36-20-19-35-48(49)41(39-55(42-23-7-1-8-24-42,43-25-9-2-10-26-43)44-27-11-3-12-28-44)40-56(45-29-13-4-14-30-45,46-31-15-5-16-32-46)47-33-17-6-18-34-47;;/h1-39H,40H2;2*1H/q+1;;/p-1/b41-39+;;/i40D;;/hD. The fourth-order valence-corrected chi connectivity index (χ4v) is 15.7. The highest BCUT2D eigenvalue weighted by Gasteiger charge is 2.50. The summed E-state index contributed by atoms with van der Waals surface area (Å²) in [6, 6.07) is 79.3. The van der Waals surface area contributed by atoms with Crippen molar-refractivity contribution in [3.05, 3.63) is 247 Å². The number of carboxylic acids is 1. The fraction of sp³-hybridized carbons (Fsp3) is 0.0192. The zero-order chi connectivity index (χ0) is 39.8. The van der Waals surface area contributed by atoms with Crippen molar-refractivity contribution in [2.75, 3.05) is 6.14 Å². The van der Waals surface area contributed by atoms with E-state index in [0.717, 1.165) is 48.5 Å². The number of rotatable bonds is 12. The molecule has 0 fully saturated rings. The first-order valence-electron chi connectivity index (χ1n) is 19.7. The molecule has 0 heterocycles. The Kier molecular flexibility index (Phi) is 13.0. The Morgan fingerprint density at radius 3 is 1.09 bits per heavy atom. The summed E-state index contributed by atoms with van der Waals surface area (Å²) in [5.41, 5.74) is 3.40. The van der Waals surface area contributed by atoms with Gasteiger partial charge in [-0.3, -0.25) is 0 Å². The molecule has 1 N–H and O–H groups in total. The predicted molar refractivity (Wildman–Crippen MR) is 242 cm³/mol. The van der Waals surface area contributed by atoms with E-state index in [1.807, 2.05) is 48.5 Å². The third-order valence-corrected chi connectivity index (χ3v) is 18.3. The van der Waals surface area contributed by atoms with Crippen molar-refractivity contribution in [2.45, 2.75) is 0 Å². The van der Waals surface area contributed by atoms with E-state index in [9.17, 15) is 6.17 Å². The van der Waals surface area contributed by atoms with Crippen molar-refractivity contribution in [3.63, 3.8) is 0 Å². The van der Waals surface area contributed by atoms with Gasteiger partial charge in [-0.15, -0.1) is 0 Å². The van der Waals surface area contributed by atoms with Crippen LogP contribution in [0.25, 0.3) is 18.1 Å². The van der Waals surface area contributed by atoms with Crippen LogP contribution in [-0.2, 0) is 0 Å². The molecule has 0 aromatic heterocycles. The van der Waals surface area contributed by atoms with Crippen LogP contribution in [0.15, 0.2) is 236 Å². The van der Waals surface area contributed by atoms with E-state index in [1.165, 1.54) is 0 Å². The summed E-state index contributed by atoms with van der Waals surface area (Å²) >= 11 is 0. The lowest BCUT2D eigenvalue weighted by Crippen LogP contribution is -3.00. The van der Waals surface area contributed by atoms with Gasteiger partial charge >= 0.3 is 5.97 Å². The maximum absolute atomic E-state index is 13.3. The number of hydrogen-bond donors (Lipinski definition) is 1. The minimum atomic E-state index is -2.88. The van der Waals surface area contributed by atoms with Gasteiger partial charge in [0.1, 0.15) is 52.5 Å². The Morgan fingerprint density at radius 2 is 0.724 bits per heavy atom. The van der Waals surface area contributed by atoms with E-state index in [-0.39, 0.29) is 30.4 Å². The SMILES string of the molecule is [2H]OC(=O)c1ccccc1-c1ccccc1/C(=C/[P+](c1ccccc1)(c1ccccc1)c1ccccc1)C([2H])[P+](c1ccccc1)(c1ccccc1)c1ccccc1.[Cl-].[Cl-]. The summed E-state index contributed by atoms with van der Waals surface area (Å²) in [5, 5.41) is 11.4. The van der Waals surface area contributed by atoms with Crippen molar-refractivity contribution in [2.24, 2.45) is 0 Å². The number of benzene rings is 8. The van der Waals surface area contributed by atoms with Crippen molar-refractivity contribution in [1.82, 2.24) is 0 Å². The molecule has 6 heteroatoms. The van der Waals surface area contributed by atoms with Crippen LogP contribution >= 0.6 is 14.5 Å². The first-order valence-corrected chi connectivity index (χ1v) is 22.4. The molecular weight excluding hydrogens is 789 g/mol. The summed E-state index contributed by atoms with van der Waals surface area (Å²) < 4.78 is 18.9. The van der Waals surface area contributed by atoms with Crippen LogP contribution in [0.5, 0.6) is 0 Å². The zero-order valence-electron chi connectivity index (χ0n) is 33.6. The maximum Gasteiger partial charge on any atom is 0.336 e. The molecule has 58 heavy (non-hydrogen) atoms. The first kappa shape index (κ1) is 39.2. The van der Waals surface area contributed by atoms with Gasteiger partial charge in [0.05, 0.1) is 12.8 Å². The van der Waals surface area contributed by atoms with Crippen molar-refractivity contribution < 1.29 is 36.1 Å². The molecule has 0 bridgehead atoms. The molecule has 8 aromatic rings. The molecular formula is C52H42Cl2O2P2. The van der Waals surface area contributed by atoms with E-state index in [0.29, 0.717) is 5.56 Å². The van der Waals surface area contributed by atoms with E-state index >= 15 is 0 Å². The Labute approximate surface area is 358 Å². The van der Waals surface area contributed by atoms with Crippen LogP contribution in [0, 0.1) is 0 Å². The van der Waals surface area contributed by atoms with E-state index < -0.39 is 26.6 Å². The predicted octanol–water partition coefficient (Wildman–Crippen LogP) is 4.39. The summed E-state index contributed by atoms with van der Waals surface area (Å²) in [4.78, 5) is 13.3. The summed E-state index contributed by atoms with van der Waals surface area (Å²) in [7, 11) is -5.59. The van der Waals surface area contributed by atoms with Gasteiger partial charge in [-0.05, 0) is 95.6 Å². The van der Waals surface area contributed by atoms with Gasteiger partial charge in [0.25, 0.3) is 1.43 Å². The van der Waals surface area contributed by atoms with Crippen LogP contribution in [0.1, 0.15) is 17.3 Å². The Morgan fingerprint density at radius 1 is 0.431 bits per heavy atom. The van der Waals surface area contributed by atoms with Gasteiger partial charge < -0.3 is 29.9 Å². The average Bonchev–Trinajstić information content (AvgIpc) is 3.31. The number of hydrogen-bond acceptors (Lipinski definition) is 2. The minimum absolute atomic E-state index is 0. The Bertz CT molecular complexity index is 2440. The number of carboxylic acid groups (broad SMARTS) is 1. The fourth-order valence-electron chi connectivity index (χ4n) is 7.78. The third-order valence-electron chi connectivity index (χ3n) is 10.3. The Balaban J connectivity index is 0.00000302. The number of allylic oxidation sites excluding steroid dienone is 1. The molecule has 0 aliphatic heterocycles. The van der Waals surface area contributed by atoms with Gasteiger partial charge in [0, 0.05) is 5.57 Å². The first-order chi connectivity index (χ1) is 28.6. The largest absolute Gasteiger partial charge is 1.00 e. The van der Waals surface area contributed by atoms with Crippen LogP contribution < -0.4 is 56.6 Å². The third kappa shape index (κ3) is 8.21. The number of halogens is 2. The highest BCUT2D eigenvalue weighted by molar-refractivity contribution is 7.98. The minimum Gasteiger partial charge on any atom is -1.00 e. The van der Waals surface area contributed by atoms with E-state index in [2.05, 4.69) is 181 Å². The van der Waals surface area contributed by atoms with Crippen LogP contribution in [0.4, 0.5) is 0 Å². The lowest BCUT2D eigenvalue weighted by molar-refractivity contribution is -0.00100. The van der Waals surface area contributed by atoms with Gasteiger partial charge in [0.2, 0.25) is 0 Å².